The molecule has 1 N–H and O–H groups in total. The molecule has 0 spiro atoms. The summed E-state index contributed by atoms with van der Waals surface area (Å²) >= 11 is 6.02. The fourth-order valence-corrected chi connectivity index (χ4v) is 2.73. The molecular weight excluding hydrogens is 276 g/mol. The summed E-state index contributed by atoms with van der Waals surface area (Å²) in [4.78, 5) is 11.6. The number of nitrogens with one attached hydrogen (secondary N) is 1. The van der Waals surface area contributed by atoms with E-state index < -0.39 is 13.0 Å². The van der Waals surface area contributed by atoms with Crippen molar-refractivity contribution in [1.29, 1.82) is 0 Å². The molecule has 0 bridgehead atoms. The Morgan fingerprint density at radius 2 is 2.00 bits per heavy atom. The van der Waals surface area contributed by atoms with E-state index in [0.29, 0.717) is 12.4 Å². The number of ether oxygens (including phenoxy) is 1. The summed E-state index contributed by atoms with van der Waals surface area (Å²) in [5, 5.41) is 2.84. The maximum Gasteiger partial charge on any atom is 0.261 e. The van der Waals surface area contributed by atoms with Gasteiger partial charge in [0.2, 0.25) is 5.91 Å². The zero-order valence-corrected chi connectivity index (χ0v) is 11.9. The van der Waals surface area contributed by atoms with Crippen molar-refractivity contribution in [2.45, 2.75) is 45.0 Å². The molecule has 1 aliphatic rings. The van der Waals surface area contributed by atoms with Gasteiger partial charge in [-0.25, -0.2) is 8.78 Å². The number of alkyl halides is 3. The first-order chi connectivity index (χ1) is 9.08. The molecular formula is C13H22ClF2NO2. The number of carbonyl (C=O) groups excluding carboxylic acids is 1. The lowest BCUT2D eigenvalue weighted by Crippen LogP contribution is -2.40. The van der Waals surface area contributed by atoms with Gasteiger partial charge in [0.15, 0.2) is 0 Å². The lowest BCUT2D eigenvalue weighted by atomic mass is 9.75. The quantitative estimate of drug-likeness (QED) is 0.552. The van der Waals surface area contributed by atoms with E-state index in [1.165, 1.54) is 6.42 Å². The molecule has 19 heavy (non-hydrogen) atoms. The van der Waals surface area contributed by atoms with E-state index in [0.717, 1.165) is 25.7 Å². The van der Waals surface area contributed by atoms with Crippen molar-refractivity contribution in [3.8, 4) is 0 Å². The maximum absolute atomic E-state index is 11.8. The first-order valence-corrected chi connectivity index (χ1v) is 7.30. The molecule has 0 heterocycles. The van der Waals surface area contributed by atoms with E-state index in [4.69, 9.17) is 11.6 Å². The molecule has 0 radical (unpaired) electrons. The fourth-order valence-electron chi connectivity index (χ4n) is 2.37. The molecule has 1 amide bonds. The largest absolute Gasteiger partial charge is 0.375 e. The minimum Gasteiger partial charge on any atom is -0.375 e. The second-order valence-corrected chi connectivity index (χ2v) is 5.45. The third-order valence-corrected chi connectivity index (χ3v) is 4.14. The van der Waals surface area contributed by atoms with Crippen molar-refractivity contribution < 1.29 is 18.3 Å². The summed E-state index contributed by atoms with van der Waals surface area (Å²) in [6.07, 6.45) is 3.25. The molecule has 0 aromatic heterocycles. The SMILES string of the molecule is O=C(CCOCC(F)F)NCC1(CCl)CCCCC1. The summed E-state index contributed by atoms with van der Waals surface area (Å²) in [5.74, 6) is 0.388. The Hall–Kier alpha value is -0.420. The highest BCUT2D eigenvalue weighted by Crippen LogP contribution is 2.36. The van der Waals surface area contributed by atoms with Crippen LogP contribution in [0, 0.1) is 5.41 Å². The Kier molecular flexibility index (Phi) is 7.61. The van der Waals surface area contributed by atoms with E-state index in [2.05, 4.69) is 10.1 Å². The molecule has 6 heteroatoms. The zero-order valence-electron chi connectivity index (χ0n) is 11.1. The van der Waals surface area contributed by atoms with Gasteiger partial charge >= 0.3 is 0 Å². The van der Waals surface area contributed by atoms with Crippen molar-refractivity contribution in [3.63, 3.8) is 0 Å². The molecule has 0 atom stereocenters. The molecule has 0 aromatic rings. The first kappa shape index (κ1) is 16.6. The van der Waals surface area contributed by atoms with Gasteiger partial charge in [-0.3, -0.25) is 4.79 Å². The van der Waals surface area contributed by atoms with Crippen LogP contribution in [0.2, 0.25) is 0 Å². The molecule has 1 rings (SSSR count). The van der Waals surface area contributed by atoms with E-state index in [1.807, 2.05) is 0 Å². The van der Waals surface area contributed by atoms with Crippen LogP contribution in [0.25, 0.3) is 0 Å². The average Bonchev–Trinajstić information content (AvgIpc) is 2.42. The van der Waals surface area contributed by atoms with Gasteiger partial charge < -0.3 is 10.1 Å². The van der Waals surface area contributed by atoms with Crippen LogP contribution in [0.3, 0.4) is 0 Å². The van der Waals surface area contributed by atoms with Crippen molar-refractivity contribution in [2.75, 3.05) is 25.6 Å². The lowest BCUT2D eigenvalue weighted by Gasteiger charge is -2.35. The number of hydrogen-bond acceptors (Lipinski definition) is 2. The lowest BCUT2D eigenvalue weighted by molar-refractivity contribution is -0.123. The molecule has 3 nitrogen and oxygen atoms in total. The molecule has 0 saturated heterocycles. The van der Waals surface area contributed by atoms with Crippen molar-refractivity contribution in [2.24, 2.45) is 5.41 Å². The number of rotatable bonds is 8. The third kappa shape index (κ3) is 6.52. The summed E-state index contributed by atoms with van der Waals surface area (Å²) in [6, 6.07) is 0. The van der Waals surface area contributed by atoms with Gasteiger partial charge in [-0.05, 0) is 12.8 Å². The maximum atomic E-state index is 11.8. The highest BCUT2D eigenvalue weighted by molar-refractivity contribution is 6.18. The minimum absolute atomic E-state index is 0.0132. The fraction of sp³-hybridized carbons (Fsp3) is 0.923. The topological polar surface area (TPSA) is 38.3 Å². The Labute approximate surface area is 118 Å². The number of hydrogen-bond donors (Lipinski definition) is 1. The van der Waals surface area contributed by atoms with Crippen molar-refractivity contribution in [3.05, 3.63) is 0 Å². The number of carbonyl (C=O) groups is 1. The van der Waals surface area contributed by atoms with Gasteiger partial charge in [-0.1, -0.05) is 19.3 Å². The van der Waals surface area contributed by atoms with Gasteiger partial charge in [0.1, 0.15) is 6.61 Å². The summed E-state index contributed by atoms with van der Waals surface area (Å²) < 4.78 is 28.3. The van der Waals surface area contributed by atoms with E-state index in [9.17, 15) is 13.6 Å². The van der Waals surface area contributed by atoms with Gasteiger partial charge in [0.05, 0.1) is 6.61 Å². The van der Waals surface area contributed by atoms with E-state index >= 15 is 0 Å². The molecule has 112 valence electrons. The average molecular weight is 298 g/mol. The molecule has 1 saturated carbocycles. The van der Waals surface area contributed by atoms with E-state index in [-0.39, 0.29) is 24.3 Å². The highest BCUT2D eigenvalue weighted by atomic mass is 35.5. The molecule has 1 aliphatic carbocycles. The third-order valence-electron chi connectivity index (χ3n) is 3.58. The van der Waals surface area contributed by atoms with Crippen LogP contribution in [0.4, 0.5) is 8.78 Å². The molecule has 0 aliphatic heterocycles. The molecule has 0 aromatic carbocycles. The number of halogens is 3. The Bertz CT molecular complexity index is 271. The summed E-state index contributed by atoms with van der Waals surface area (Å²) in [5.41, 5.74) is 0.0132. The zero-order chi connectivity index (χ0) is 14.1. The Balaban J connectivity index is 2.17. The first-order valence-electron chi connectivity index (χ1n) is 6.76. The Morgan fingerprint density at radius 1 is 1.32 bits per heavy atom. The Morgan fingerprint density at radius 3 is 2.58 bits per heavy atom. The predicted molar refractivity (Wildman–Crippen MR) is 70.7 cm³/mol. The van der Waals surface area contributed by atoms with Crippen LogP contribution in [-0.2, 0) is 9.53 Å². The van der Waals surface area contributed by atoms with Crippen LogP contribution >= 0.6 is 11.6 Å². The normalized spacial score (nSPS) is 18.5. The smallest absolute Gasteiger partial charge is 0.261 e. The van der Waals surface area contributed by atoms with Crippen LogP contribution in [0.5, 0.6) is 0 Å². The van der Waals surface area contributed by atoms with Crippen LogP contribution in [-0.4, -0.2) is 38.0 Å². The second kappa shape index (κ2) is 8.69. The standard InChI is InChI=1S/C13H22ClF2NO2/c14-9-13(5-2-1-3-6-13)10-17-12(18)4-7-19-8-11(15)16/h11H,1-10H2,(H,17,18). The van der Waals surface area contributed by atoms with Crippen molar-refractivity contribution in [1.82, 2.24) is 5.32 Å². The summed E-state index contributed by atoms with van der Waals surface area (Å²) in [6.45, 7) is -0.00682. The number of amides is 1. The molecule has 1 fully saturated rings. The minimum atomic E-state index is -2.48. The van der Waals surface area contributed by atoms with E-state index in [1.54, 1.807) is 0 Å². The van der Waals surface area contributed by atoms with Crippen LogP contribution in [0.1, 0.15) is 38.5 Å². The van der Waals surface area contributed by atoms with Crippen molar-refractivity contribution >= 4 is 17.5 Å². The van der Waals surface area contributed by atoms with Crippen LogP contribution < -0.4 is 5.32 Å². The highest BCUT2D eigenvalue weighted by Gasteiger charge is 2.31. The van der Waals surface area contributed by atoms with Crippen LogP contribution in [0.15, 0.2) is 0 Å². The van der Waals surface area contributed by atoms with Gasteiger partial charge in [-0.2, -0.15) is 0 Å². The second-order valence-electron chi connectivity index (χ2n) is 5.19. The van der Waals surface area contributed by atoms with Gasteiger partial charge in [0.25, 0.3) is 6.43 Å². The monoisotopic (exact) mass is 297 g/mol. The predicted octanol–water partition coefficient (Wildman–Crippen LogP) is 2.96. The molecule has 0 unspecified atom stereocenters. The summed E-state index contributed by atoms with van der Waals surface area (Å²) in [7, 11) is 0. The van der Waals surface area contributed by atoms with Gasteiger partial charge in [0, 0.05) is 24.3 Å². The van der Waals surface area contributed by atoms with Gasteiger partial charge in [-0.15, -0.1) is 11.6 Å².